The summed E-state index contributed by atoms with van der Waals surface area (Å²) in [5.74, 6) is -0.276. The third kappa shape index (κ3) is 1.71. The van der Waals surface area contributed by atoms with Crippen LogP contribution >= 0.6 is 11.6 Å². The predicted octanol–water partition coefficient (Wildman–Crippen LogP) is 2.55. The maximum Gasteiger partial charge on any atom is 0.231 e. The van der Waals surface area contributed by atoms with Crippen LogP contribution in [-0.4, -0.2) is 17.6 Å². The lowest BCUT2D eigenvalue weighted by Gasteiger charge is -2.06. The number of fused-ring (bicyclic) bond motifs is 1. The number of rotatable bonds is 3. The van der Waals surface area contributed by atoms with Crippen LogP contribution in [0, 0.1) is 0 Å². The first-order valence-electron chi connectivity index (χ1n) is 5.21. The molecule has 0 spiro atoms. The van der Waals surface area contributed by atoms with E-state index in [0.717, 1.165) is 17.7 Å². The molecule has 1 atom stereocenters. The van der Waals surface area contributed by atoms with Crippen LogP contribution < -0.4 is 5.32 Å². The lowest BCUT2D eigenvalue weighted by atomic mass is 9.95. The molecule has 3 nitrogen and oxygen atoms in total. The summed E-state index contributed by atoms with van der Waals surface area (Å²) >= 11 is 5.50. The number of nitrogens with one attached hydrogen (secondary N) is 1. The second-order valence-corrected chi connectivity index (χ2v) is 4.08. The number of Topliss-reactive ketones (excluding diaryl/α,β-unsaturated/α-hetero) is 1. The van der Waals surface area contributed by atoms with Crippen molar-refractivity contribution in [3.63, 3.8) is 0 Å². The smallest absolute Gasteiger partial charge is 0.231 e. The van der Waals surface area contributed by atoms with E-state index in [-0.39, 0.29) is 23.5 Å². The second-order valence-electron chi connectivity index (χ2n) is 3.81. The topological polar surface area (TPSA) is 46.2 Å². The minimum Gasteiger partial charge on any atom is -0.325 e. The van der Waals surface area contributed by atoms with Crippen LogP contribution in [0.2, 0.25) is 0 Å². The van der Waals surface area contributed by atoms with Crippen molar-refractivity contribution in [2.75, 3.05) is 11.2 Å². The summed E-state index contributed by atoms with van der Waals surface area (Å²) < 4.78 is 0. The van der Waals surface area contributed by atoms with Crippen molar-refractivity contribution < 1.29 is 9.59 Å². The summed E-state index contributed by atoms with van der Waals surface area (Å²) in [7, 11) is 0. The van der Waals surface area contributed by atoms with E-state index < -0.39 is 0 Å². The number of hydrogen-bond acceptors (Lipinski definition) is 2. The van der Waals surface area contributed by atoms with Gasteiger partial charge in [-0.25, -0.2) is 0 Å². The van der Waals surface area contributed by atoms with Crippen LogP contribution in [0.25, 0.3) is 0 Å². The highest BCUT2D eigenvalue weighted by atomic mass is 35.5. The SMILES string of the molecule is CC[C@@H]1C(=O)Nc2ccc(C(=O)CCl)cc21. The van der Waals surface area contributed by atoms with Crippen molar-refractivity contribution in [2.45, 2.75) is 19.3 Å². The molecule has 0 fully saturated rings. The Balaban J connectivity index is 2.43. The van der Waals surface area contributed by atoms with Gasteiger partial charge < -0.3 is 5.32 Å². The monoisotopic (exact) mass is 237 g/mol. The predicted molar refractivity (Wildman–Crippen MR) is 63.2 cm³/mol. The van der Waals surface area contributed by atoms with Crippen LogP contribution in [0.1, 0.15) is 35.2 Å². The normalized spacial score (nSPS) is 18.1. The molecule has 2 rings (SSSR count). The largest absolute Gasteiger partial charge is 0.325 e. The molecule has 84 valence electrons. The number of alkyl halides is 1. The second kappa shape index (κ2) is 4.26. The molecule has 0 aliphatic carbocycles. The third-order valence-electron chi connectivity index (χ3n) is 2.85. The standard InChI is InChI=1S/C12H12ClNO2/c1-2-8-9-5-7(11(15)6-13)3-4-10(9)14-12(8)16/h3-5,8H,2,6H2,1H3,(H,14,16)/t8-/m0/s1. The minimum absolute atomic E-state index is 0.00738. The zero-order valence-electron chi connectivity index (χ0n) is 8.92. The van der Waals surface area contributed by atoms with Gasteiger partial charge in [-0.3, -0.25) is 9.59 Å². The molecule has 1 aliphatic rings. The van der Waals surface area contributed by atoms with Gasteiger partial charge in [-0.2, -0.15) is 0 Å². The van der Waals surface area contributed by atoms with Gasteiger partial charge in [0.1, 0.15) is 0 Å². The highest BCUT2D eigenvalue weighted by Gasteiger charge is 2.29. The number of amides is 1. The number of halogens is 1. The molecular formula is C12H12ClNO2. The van der Waals surface area contributed by atoms with Crippen molar-refractivity contribution in [3.8, 4) is 0 Å². The van der Waals surface area contributed by atoms with Gasteiger partial charge in [-0.1, -0.05) is 6.92 Å². The molecule has 0 aromatic heterocycles. The van der Waals surface area contributed by atoms with Gasteiger partial charge in [0, 0.05) is 11.3 Å². The molecule has 0 bridgehead atoms. The fourth-order valence-corrected chi connectivity index (χ4v) is 2.14. The first-order valence-corrected chi connectivity index (χ1v) is 5.74. The van der Waals surface area contributed by atoms with Crippen molar-refractivity contribution in [3.05, 3.63) is 29.3 Å². The molecule has 1 aromatic carbocycles. The zero-order chi connectivity index (χ0) is 11.7. The molecule has 1 aliphatic heterocycles. The maximum atomic E-state index is 11.6. The van der Waals surface area contributed by atoms with Crippen molar-refractivity contribution in [2.24, 2.45) is 0 Å². The van der Waals surface area contributed by atoms with Gasteiger partial charge in [0.05, 0.1) is 11.8 Å². The fourth-order valence-electron chi connectivity index (χ4n) is 1.98. The van der Waals surface area contributed by atoms with Gasteiger partial charge in [-0.15, -0.1) is 11.6 Å². The Morgan fingerprint density at radius 2 is 2.25 bits per heavy atom. The third-order valence-corrected chi connectivity index (χ3v) is 3.10. The van der Waals surface area contributed by atoms with Gasteiger partial charge in [0.25, 0.3) is 0 Å². The molecule has 16 heavy (non-hydrogen) atoms. The van der Waals surface area contributed by atoms with E-state index in [0.29, 0.717) is 5.56 Å². The van der Waals surface area contributed by atoms with Crippen molar-refractivity contribution in [1.29, 1.82) is 0 Å². The number of anilines is 1. The van der Waals surface area contributed by atoms with Gasteiger partial charge in [0.15, 0.2) is 5.78 Å². The number of carbonyl (C=O) groups excluding carboxylic acids is 2. The average molecular weight is 238 g/mol. The summed E-state index contributed by atoms with van der Waals surface area (Å²) in [5.41, 5.74) is 2.29. The highest BCUT2D eigenvalue weighted by Crippen LogP contribution is 2.35. The maximum absolute atomic E-state index is 11.6. The number of benzene rings is 1. The summed E-state index contributed by atoms with van der Waals surface area (Å²) in [6.07, 6.45) is 0.733. The summed E-state index contributed by atoms with van der Waals surface area (Å²) in [4.78, 5) is 23.0. The molecule has 0 radical (unpaired) electrons. The average Bonchev–Trinajstić information content (AvgIpc) is 2.62. The van der Waals surface area contributed by atoms with Gasteiger partial charge in [0.2, 0.25) is 5.91 Å². The number of carbonyl (C=O) groups is 2. The van der Waals surface area contributed by atoms with E-state index in [9.17, 15) is 9.59 Å². The summed E-state index contributed by atoms with van der Waals surface area (Å²) in [5, 5.41) is 2.80. The van der Waals surface area contributed by atoms with Crippen LogP contribution in [0.3, 0.4) is 0 Å². The van der Waals surface area contributed by atoms with Crippen LogP contribution in [-0.2, 0) is 4.79 Å². The first kappa shape index (κ1) is 11.1. The van der Waals surface area contributed by atoms with E-state index in [1.165, 1.54) is 0 Å². The van der Waals surface area contributed by atoms with Crippen LogP contribution in [0.15, 0.2) is 18.2 Å². The number of ketones is 1. The number of hydrogen-bond donors (Lipinski definition) is 1. The van der Waals surface area contributed by atoms with Gasteiger partial charge in [-0.05, 0) is 30.2 Å². The Bertz CT molecular complexity index is 456. The lowest BCUT2D eigenvalue weighted by Crippen LogP contribution is -2.10. The van der Waals surface area contributed by atoms with Gasteiger partial charge >= 0.3 is 0 Å². The molecule has 0 unspecified atom stereocenters. The molecule has 1 amide bonds. The molecule has 1 aromatic rings. The molecular weight excluding hydrogens is 226 g/mol. The van der Waals surface area contributed by atoms with E-state index in [4.69, 9.17) is 11.6 Å². The van der Waals surface area contributed by atoms with Crippen LogP contribution in [0.5, 0.6) is 0 Å². The molecule has 4 heteroatoms. The Labute approximate surface area is 98.8 Å². The Morgan fingerprint density at radius 3 is 2.88 bits per heavy atom. The summed E-state index contributed by atoms with van der Waals surface area (Å²) in [6.45, 7) is 1.95. The first-order chi connectivity index (χ1) is 7.67. The Kier molecular flexibility index (Phi) is 2.97. The Morgan fingerprint density at radius 1 is 1.50 bits per heavy atom. The van der Waals surface area contributed by atoms with E-state index in [1.54, 1.807) is 18.2 Å². The molecule has 1 heterocycles. The quantitative estimate of drug-likeness (QED) is 0.649. The van der Waals surface area contributed by atoms with E-state index in [1.807, 2.05) is 6.92 Å². The van der Waals surface area contributed by atoms with E-state index >= 15 is 0 Å². The lowest BCUT2D eigenvalue weighted by molar-refractivity contribution is -0.117. The molecule has 0 saturated heterocycles. The molecule has 1 N–H and O–H groups in total. The zero-order valence-corrected chi connectivity index (χ0v) is 9.67. The molecule has 0 saturated carbocycles. The minimum atomic E-state index is -0.141. The highest BCUT2D eigenvalue weighted by molar-refractivity contribution is 6.30. The fraction of sp³-hybridized carbons (Fsp3) is 0.333. The van der Waals surface area contributed by atoms with Crippen molar-refractivity contribution in [1.82, 2.24) is 0 Å². The van der Waals surface area contributed by atoms with Crippen LogP contribution in [0.4, 0.5) is 5.69 Å². The summed E-state index contributed by atoms with van der Waals surface area (Å²) in [6, 6.07) is 5.23. The van der Waals surface area contributed by atoms with Crippen molar-refractivity contribution >= 4 is 29.0 Å². The van der Waals surface area contributed by atoms with E-state index in [2.05, 4.69) is 5.32 Å². The Hall–Kier alpha value is -1.35.